The third kappa shape index (κ3) is 5.19. The number of rotatable bonds is 11. The van der Waals surface area contributed by atoms with Gasteiger partial charge in [0, 0.05) is 34.6 Å². The molecule has 0 atom stereocenters. The van der Waals surface area contributed by atoms with Gasteiger partial charge in [0.15, 0.2) is 19.5 Å². The fourth-order valence-electron chi connectivity index (χ4n) is 3.44. The first-order valence-corrected chi connectivity index (χ1v) is 13.8. The van der Waals surface area contributed by atoms with Crippen molar-refractivity contribution in [1.29, 1.82) is 0 Å². The number of aromatic nitrogens is 1. The first kappa shape index (κ1) is 22.5. The minimum Gasteiger partial charge on any atom is -0.463 e. The minimum absolute atomic E-state index is 0.0407. The van der Waals surface area contributed by atoms with E-state index in [0.29, 0.717) is 5.56 Å². The maximum Gasteiger partial charge on any atom is 0.379 e. The second kappa shape index (κ2) is 10.2. The van der Waals surface area contributed by atoms with Crippen LogP contribution in [0.2, 0.25) is 13.1 Å². The highest BCUT2D eigenvalue weighted by Gasteiger charge is 2.29. The number of carbonyl (C=O) groups excluding carboxylic acids is 2. The predicted octanol–water partition coefficient (Wildman–Crippen LogP) is 2.43. The monoisotopic (exact) mass is 421 g/mol. The van der Waals surface area contributed by atoms with E-state index in [1.54, 1.807) is 12.1 Å². The van der Waals surface area contributed by atoms with E-state index in [4.69, 9.17) is 8.85 Å². The van der Waals surface area contributed by atoms with Crippen molar-refractivity contribution in [1.82, 2.24) is 4.57 Å². The molecule has 2 aromatic rings. The number of carbonyl (C=O) groups is 2. The Morgan fingerprint density at radius 1 is 1.14 bits per heavy atom. The summed E-state index contributed by atoms with van der Waals surface area (Å²) in [6.07, 6.45) is 3.80. The Morgan fingerprint density at radius 3 is 2.43 bits per heavy atom. The van der Waals surface area contributed by atoms with Crippen LogP contribution in [-0.4, -0.2) is 49.2 Å². The van der Waals surface area contributed by atoms with Crippen LogP contribution in [0.1, 0.15) is 37.0 Å². The van der Waals surface area contributed by atoms with Gasteiger partial charge in [-0.25, -0.2) is 4.79 Å². The van der Waals surface area contributed by atoms with E-state index < -0.39 is 31.3 Å². The van der Waals surface area contributed by atoms with Crippen LogP contribution < -0.4 is 0 Å². The Labute approximate surface area is 171 Å². The number of hydrogen-bond donors (Lipinski definition) is 0. The number of ether oxygens (including phenoxy) is 1. The van der Waals surface area contributed by atoms with Gasteiger partial charge in [0.2, 0.25) is 0 Å². The lowest BCUT2D eigenvalue weighted by molar-refractivity contribution is -0.135. The number of fused-ring (bicyclic) bond motifs is 1. The Bertz CT molecular complexity index is 812. The Morgan fingerprint density at radius 2 is 1.82 bits per heavy atom. The molecule has 0 saturated heterocycles. The lowest BCUT2D eigenvalue weighted by Crippen LogP contribution is -2.36. The Balaban J connectivity index is 2.11. The summed E-state index contributed by atoms with van der Waals surface area (Å²) in [6.45, 7) is 9.48. The van der Waals surface area contributed by atoms with Crippen LogP contribution in [0.3, 0.4) is 0 Å². The molecule has 6 nitrogen and oxygen atoms in total. The van der Waals surface area contributed by atoms with Crippen LogP contribution in [0, 0.1) is 5.41 Å². The molecule has 0 unspecified atom stereocenters. The topological polar surface area (TPSA) is 66.8 Å². The van der Waals surface area contributed by atoms with E-state index in [0.717, 1.165) is 30.3 Å². The zero-order valence-corrected chi connectivity index (χ0v) is 20.3. The molecule has 0 bridgehead atoms. The predicted molar refractivity (Wildman–Crippen MR) is 116 cm³/mol. The first-order chi connectivity index (χ1) is 13.4. The molecule has 0 radical (unpaired) electrons. The van der Waals surface area contributed by atoms with Crippen LogP contribution in [0.15, 0.2) is 30.5 Å². The van der Waals surface area contributed by atoms with Gasteiger partial charge in [-0.3, -0.25) is 4.79 Å². The SMILES string of the molecule is COC(=O)C(=O)c1cccc2c1ccn2CCCC(C)(C)C(O[SiH2]C)O[SiH2]C. The molecule has 0 fully saturated rings. The molecular weight excluding hydrogens is 390 g/mol. The minimum atomic E-state index is -0.841. The first-order valence-electron chi connectivity index (χ1n) is 9.79. The number of nitrogens with zero attached hydrogens (tertiary/aromatic N) is 1. The summed E-state index contributed by atoms with van der Waals surface area (Å²) < 4.78 is 18.6. The number of aryl methyl sites for hydroxylation is 1. The smallest absolute Gasteiger partial charge is 0.379 e. The van der Waals surface area contributed by atoms with Gasteiger partial charge in [0.05, 0.1) is 7.11 Å². The number of benzene rings is 1. The highest BCUT2D eigenvalue weighted by Crippen LogP contribution is 2.30. The fraction of sp³-hybridized carbons (Fsp3) is 0.500. The zero-order valence-electron chi connectivity index (χ0n) is 17.5. The maximum absolute atomic E-state index is 12.2. The van der Waals surface area contributed by atoms with Gasteiger partial charge in [-0.15, -0.1) is 0 Å². The van der Waals surface area contributed by atoms with Crippen LogP contribution in [-0.2, 0) is 24.9 Å². The fourth-order valence-corrected chi connectivity index (χ4v) is 5.34. The van der Waals surface area contributed by atoms with E-state index in [1.165, 1.54) is 7.11 Å². The van der Waals surface area contributed by atoms with Crippen molar-refractivity contribution in [3.63, 3.8) is 0 Å². The van der Waals surface area contributed by atoms with Crippen molar-refractivity contribution in [3.8, 4) is 0 Å². The number of Topliss-reactive ketones (excluding diaryl/α,β-unsaturated/α-hetero) is 1. The van der Waals surface area contributed by atoms with Gasteiger partial charge >= 0.3 is 5.97 Å². The van der Waals surface area contributed by atoms with E-state index in [1.807, 2.05) is 18.3 Å². The van der Waals surface area contributed by atoms with Gasteiger partial charge in [-0.1, -0.05) is 39.1 Å². The van der Waals surface area contributed by atoms with E-state index >= 15 is 0 Å². The molecule has 154 valence electrons. The van der Waals surface area contributed by atoms with Gasteiger partial charge < -0.3 is 18.2 Å². The van der Waals surface area contributed by atoms with Gasteiger partial charge in [0.25, 0.3) is 5.78 Å². The molecule has 0 saturated carbocycles. The quantitative estimate of drug-likeness (QED) is 0.183. The van der Waals surface area contributed by atoms with E-state index in [-0.39, 0.29) is 11.7 Å². The number of esters is 1. The van der Waals surface area contributed by atoms with E-state index in [9.17, 15) is 9.59 Å². The number of methoxy groups -OCH3 is 1. The molecule has 0 N–H and O–H groups in total. The van der Waals surface area contributed by atoms with Crippen LogP contribution in [0.4, 0.5) is 0 Å². The third-order valence-electron chi connectivity index (χ3n) is 4.92. The summed E-state index contributed by atoms with van der Waals surface area (Å²) in [6, 6.07) is 7.32. The molecule has 8 heteroatoms. The molecule has 0 aliphatic rings. The Kier molecular flexibility index (Phi) is 8.17. The molecule has 2 rings (SSSR count). The highest BCUT2D eigenvalue weighted by atomic mass is 28.2. The number of ketones is 1. The highest BCUT2D eigenvalue weighted by molar-refractivity contribution is 6.42. The second-order valence-electron chi connectivity index (χ2n) is 7.40. The second-order valence-corrected chi connectivity index (χ2v) is 9.22. The summed E-state index contributed by atoms with van der Waals surface area (Å²) in [5, 5.41) is 0.774. The number of hydrogen-bond acceptors (Lipinski definition) is 5. The van der Waals surface area contributed by atoms with Crippen LogP contribution in [0.25, 0.3) is 10.9 Å². The molecular formula is C20H31NO5Si2. The van der Waals surface area contributed by atoms with Crippen molar-refractivity contribution in [2.24, 2.45) is 5.41 Å². The van der Waals surface area contributed by atoms with Crippen LogP contribution in [0.5, 0.6) is 0 Å². The molecule has 28 heavy (non-hydrogen) atoms. The summed E-state index contributed by atoms with van der Waals surface area (Å²) in [4.78, 5) is 23.9. The zero-order chi connectivity index (χ0) is 20.7. The summed E-state index contributed by atoms with van der Waals surface area (Å²) in [5.74, 6) is -1.46. The lowest BCUT2D eigenvalue weighted by atomic mass is 9.87. The molecule has 1 aromatic carbocycles. The van der Waals surface area contributed by atoms with Gasteiger partial charge in [-0.2, -0.15) is 0 Å². The summed E-state index contributed by atoms with van der Waals surface area (Å²) in [5.41, 5.74) is 1.28. The van der Waals surface area contributed by atoms with Crippen molar-refractivity contribution in [3.05, 3.63) is 36.0 Å². The van der Waals surface area contributed by atoms with Gasteiger partial charge in [0.1, 0.15) is 6.29 Å². The maximum atomic E-state index is 12.2. The van der Waals surface area contributed by atoms with E-state index in [2.05, 4.69) is 36.2 Å². The van der Waals surface area contributed by atoms with Crippen LogP contribution >= 0.6 is 0 Å². The largest absolute Gasteiger partial charge is 0.463 e. The molecule has 0 aliphatic carbocycles. The molecule has 1 aromatic heterocycles. The third-order valence-corrected chi connectivity index (χ3v) is 6.20. The Hall–Kier alpha value is -1.75. The molecule has 1 heterocycles. The summed E-state index contributed by atoms with van der Waals surface area (Å²) >= 11 is 0. The molecule has 0 aliphatic heterocycles. The molecule has 0 amide bonds. The average Bonchev–Trinajstić information content (AvgIpc) is 3.09. The van der Waals surface area contributed by atoms with Crippen molar-refractivity contribution in [2.75, 3.05) is 7.11 Å². The van der Waals surface area contributed by atoms with Crippen molar-refractivity contribution >= 4 is 42.2 Å². The lowest BCUT2D eigenvalue weighted by Gasteiger charge is -2.34. The standard InChI is InChI=1S/C20H31NO5Si2/c1-20(2,19(25-27-4)26-28-5)11-7-12-21-13-10-14-15(8-6-9-16(14)21)17(22)18(23)24-3/h6,8-10,13,19H,7,11-12,27-28H2,1-5H3. The van der Waals surface area contributed by atoms with Gasteiger partial charge in [-0.05, 0) is 25.0 Å². The summed E-state index contributed by atoms with van der Waals surface area (Å²) in [7, 11) is 0.167. The normalized spacial score (nSPS) is 13.8. The van der Waals surface area contributed by atoms with Crippen molar-refractivity contribution in [2.45, 2.75) is 52.6 Å². The average molecular weight is 422 g/mol. The molecule has 0 spiro atoms. The van der Waals surface area contributed by atoms with Crippen molar-refractivity contribution < 1.29 is 23.2 Å².